The Hall–Kier alpha value is -2.59. The fourth-order valence-electron chi connectivity index (χ4n) is 2.81. The summed E-state index contributed by atoms with van der Waals surface area (Å²) < 4.78 is 0. The lowest BCUT2D eigenvalue weighted by Gasteiger charge is -2.18. The van der Waals surface area contributed by atoms with E-state index in [0.29, 0.717) is 5.69 Å². The van der Waals surface area contributed by atoms with E-state index in [9.17, 15) is 9.59 Å². The Morgan fingerprint density at radius 2 is 1.64 bits per heavy atom. The number of hydrogen-bond donors (Lipinski definition) is 1. The third kappa shape index (κ3) is 2.94. The van der Waals surface area contributed by atoms with Crippen LogP contribution in [0.1, 0.15) is 22.3 Å². The molecule has 3 rings (SSSR count). The predicted octanol–water partition coefficient (Wildman–Crippen LogP) is 4.36. The second-order valence-electron chi connectivity index (χ2n) is 6.30. The lowest BCUT2D eigenvalue weighted by Crippen LogP contribution is -2.33. The van der Waals surface area contributed by atoms with Crippen LogP contribution in [0.3, 0.4) is 0 Å². The lowest BCUT2D eigenvalue weighted by atomic mass is 10.1. The van der Waals surface area contributed by atoms with Gasteiger partial charge in [-0.15, -0.1) is 0 Å². The number of halogens is 1. The Balaban J connectivity index is 2.00. The number of amides is 2. The number of nitrogens with zero attached hydrogens (tertiary/aromatic N) is 1. The molecule has 0 fully saturated rings. The van der Waals surface area contributed by atoms with E-state index in [2.05, 4.69) is 5.32 Å². The first kappa shape index (κ1) is 17.2. The summed E-state index contributed by atoms with van der Waals surface area (Å²) in [6.07, 6.45) is 0. The van der Waals surface area contributed by atoms with Crippen LogP contribution >= 0.6 is 11.6 Å². The zero-order chi connectivity index (χ0) is 18.3. The van der Waals surface area contributed by atoms with Crippen LogP contribution in [0.2, 0.25) is 0 Å². The number of nitrogens with one attached hydrogen (secondary N) is 1. The first-order valence-corrected chi connectivity index (χ1v) is 8.38. The van der Waals surface area contributed by atoms with Gasteiger partial charge in [0, 0.05) is 5.69 Å². The highest BCUT2D eigenvalue weighted by Crippen LogP contribution is 2.33. The molecule has 0 bridgehead atoms. The molecule has 0 atom stereocenters. The van der Waals surface area contributed by atoms with Crippen molar-refractivity contribution >= 4 is 34.8 Å². The zero-order valence-corrected chi connectivity index (χ0v) is 15.4. The number of hydrogen-bond acceptors (Lipinski definition) is 3. The second kappa shape index (κ2) is 6.37. The summed E-state index contributed by atoms with van der Waals surface area (Å²) in [4.78, 5) is 26.6. The molecule has 1 aliphatic rings. The van der Waals surface area contributed by atoms with Crippen LogP contribution in [-0.4, -0.2) is 11.8 Å². The largest absolute Gasteiger partial charge is 0.349 e. The fourth-order valence-corrected chi connectivity index (χ4v) is 3.02. The summed E-state index contributed by atoms with van der Waals surface area (Å²) in [5.74, 6) is -0.947. The zero-order valence-electron chi connectivity index (χ0n) is 14.6. The first-order valence-electron chi connectivity index (χ1n) is 8.00. The molecule has 128 valence electrons. The molecule has 5 heteroatoms. The summed E-state index contributed by atoms with van der Waals surface area (Å²) in [5, 5.41) is 2.96. The number of rotatable bonds is 3. The number of benzene rings is 2. The SMILES string of the molecule is Cc1ccc(C)c(N2C(=O)C(Cl)=C(Nc3cccc(C)c3C)C2=O)c1. The summed E-state index contributed by atoms with van der Waals surface area (Å²) in [6.45, 7) is 7.72. The van der Waals surface area contributed by atoms with Crippen molar-refractivity contribution < 1.29 is 9.59 Å². The summed E-state index contributed by atoms with van der Waals surface area (Å²) in [6, 6.07) is 11.4. The molecule has 0 aromatic heterocycles. The van der Waals surface area contributed by atoms with Gasteiger partial charge in [-0.05, 0) is 62.1 Å². The van der Waals surface area contributed by atoms with E-state index in [4.69, 9.17) is 11.6 Å². The van der Waals surface area contributed by atoms with Crippen molar-refractivity contribution in [2.45, 2.75) is 27.7 Å². The van der Waals surface area contributed by atoms with Gasteiger partial charge in [0.2, 0.25) is 0 Å². The van der Waals surface area contributed by atoms with Gasteiger partial charge in [-0.25, -0.2) is 4.90 Å². The quantitative estimate of drug-likeness (QED) is 0.833. The molecule has 0 radical (unpaired) electrons. The molecule has 0 saturated heterocycles. The minimum Gasteiger partial charge on any atom is -0.349 e. The van der Waals surface area contributed by atoms with Crippen LogP contribution < -0.4 is 10.2 Å². The molecular weight excluding hydrogens is 336 g/mol. The normalized spacial score (nSPS) is 14.5. The first-order chi connectivity index (χ1) is 11.8. The van der Waals surface area contributed by atoms with Crippen molar-refractivity contribution in [2.75, 3.05) is 10.2 Å². The van der Waals surface area contributed by atoms with Crippen LogP contribution in [0.5, 0.6) is 0 Å². The number of aryl methyl sites for hydroxylation is 3. The minimum atomic E-state index is -0.506. The Kier molecular flexibility index (Phi) is 4.39. The molecule has 0 saturated carbocycles. The Labute approximate surface area is 152 Å². The molecule has 25 heavy (non-hydrogen) atoms. The minimum absolute atomic E-state index is 0.0909. The summed E-state index contributed by atoms with van der Waals surface area (Å²) in [7, 11) is 0. The van der Waals surface area contributed by atoms with Crippen molar-refractivity contribution in [3.63, 3.8) is 0 Å². The highest BCUT2D eigenvalue weighted by Gasteiger charge is 2.39. The van der Waals surface area contributed by atoms with Gasteiger partial charge in [-0.3, -0.25) is 9.59 Å². The molecule has 2 aromatic carbocycles. The van der Waals surface area contributed by atoms with Gasteiger partial charge in [0.1, 0.15) is 10.7 Å². The maximum atomic E-state index is 12.9. The molecule has 4 nitrogen and oxygen atoms in total. The molecule has 1 N–H and O–H groups in total. The van der Waals surface area contributed by atoms with E-state index in [1.165, 1.54) is 0 Å². The highest BCUT2D eigenvalue weighted by atomic mass is 35.5. The predicted molar refractivity (Wildman–Crippen MR) is 101 cm³/mol. The van der Waals surface area contributed by atoms with Gasteiger partial charge < -0.3 is 5.32 Å². The van der Waals surface area contributed by atoms with Crippen molar-refractivity contribution in [3.8, 4) is 0 Å². The molecule has 0 spiro atoms. The molecule has 0 aliphatic carbocycles. The van der Waals surface area contributed by atoms with Gasteiger partial charge in [0.25, 0.3) is 11.8 Å². The third-order valence-corrected chi connectivity index (χ3v) is 4.85. The molecule has 1 aliphatic heterocycles. The lowest BCUT2D eigenvalue weighted by molar-refractivity contribution is -0.120. The van der Waals surface area contributed by atoms with Crippen LogP contribution in [0.4, 0.5) is 11.4 Å². The van der Waals surface area contributed by atoms with Gasteiger partial charge in [0.05, 0.1) is 5.69 Å². The highest BCUT2D eigenvalue weighted by molar-refractivity contribution is 6.53. The topological polar surface area (TPSA) is 49.4 Å². The summed E-state index contributed by atoms with van der Waals surface area (Å²) in [5.41, 5.74) is 5.33. The second-order valence-corrected chi connectivity index (χ2v) is 6.68. The number of carbonyl (C=O) groups is 2. The molecule has 2 amide bonds. The van der Waals surface area contributed by atoms with Gasteiger partial charge >= 0.3 is 0 Å². The standard InChI is InChI=1S/C20H19ClN2O2/c1-11-8-9-13(3)16(10-11)23-19(24)17(21)18(20(23)25)22-15-7-5-6-12(2)14(15)4/h5-10,22H,1-4H3. The molecule has 1 heterocycles. The molecular formula is C20H19ClN2O2. The smallest absolute Gasteiger partial charge is 0.283 e. The van der Waals surface area contributed by atoms with Crippen LogP contribution in [0, 0.1) is 27.7 Å². The maximum absolute atomic E-state index is 12.9. The summed E-state index contributed by atoms with van der Waals surface area (Å²) >= 11 is 6.21. The van der Waals surface area contributed by atoms with Crippen molar-refractivity contribution in [3.05, 3.63) is 69.4 Å². The number of imide groups is 1. The maximum Gasteiger partial charge on any atom is 0.283 e. The average molecular weight is 355 g/mol. The Morgan fingerprint density at radius 1 is 0.920 bits per heavy atom. The van der Waals surface area contributed by atoms with Crippen molar-refractivity contribution in [1.29, 1.82) is 0 Å². The average Bonchev–Trinajstić information content (AvgIpc) is 2.78. The monoisotopic (exact) mass is 354 g/mol. The molecule has 0 unspecified atom stereocenters. The van der Waals surface area contributed by atoms with Gasteiger partial charge in [0.15, 0.2) is 0 Å². The van der Waals surface area contributed by atoms with Crippen molar-refractivity contribution in [2.24, 2.45) is 0 Å². The van der Waals surface area contributed by atoms with E-state index in [-0.39, 0.29) is 10.7 Å². The van der Waals surface area contributed by atoms with Crippen LogP contribution in [-0.2, 0) is 9.59 Å². The Morgan fingerprint density at radius 3 is 2.36 bits per heavy atom. The van der Waals surface area contributed by atoms with Crippen molar-refractivity contribution in [1.82, 2.24) is 0 Å². The van der Waals surface area contributed by atoms with Crippen LogP contribution in [0.15, 0.2) is 47.1 Å². The van der Waals surface area contributed by atoms with Gasteiger partial charge in [-0.2, -0.15) is 0 Å². The van der Waals surface area contributed by atoms with Crippen LogP contribution in [0.25, 0.3) is 0 Å². The molecule has 2 aromatic rings. The Bertz CT molecular complexity index is 931. The third-order valence-electron chi connectivity index (χ3n) is 4.50. The van der Waals surface area contributed by atoms with E-state index in [1.54, 1.807) is 0 Å². The fraction of sp³-hybridized carbons (Fsp3) is 0.200. The number of anilines is 2. The number of carbonyl (C=O) groups excluding carboxylic acids is 2. The van der Waals surface area contributed by atoms with E-state index in [1.807, 2.05) is 64.1 Å². The van der Waals surface area contributed by atoms with E-state index in [0.717, 1.165) is 32.8 Å². The van der Waals surface area contributed by atoms with E-state index >= 15 is 0 Å². The van der Waals surface area contributed by atoms with E-state index < -0.39 is 11.8 Å². The van der Waals surface area contributed by atoms with Gasteiger partial charge in [-0.1, -0.05) is 35.9 Å².